The van der Waals surface area contributed by atoms with Gasteiger partial charge in [0.15, 0.2) is 5.82 Å². The van der Waals surface area contributed by atoms with Crippen LogP contribution in [0.25, 0.3) is 11.3 Å². The number of rotatable bonds is 8. The number of ether oxygens (including phenoxy) is 2. The molecule has 0 saturated carbocycles. The number of benzene rings is 2. The van der Waals surface area contributed by atoms with Crippen LogP contribution in [0.3, 0.4) is 0 Å². The molecule has 5 rings (SSSR count). The number of nitrogens with zero attached hydrogens (tertiary/aromatic N) is 5. The minimum absolute atomic E-state index is 0.00786. The van der Waals surface area contributed by atoms with Crippen LogP contribution < -0.4 is 15.0 Å². The Morgan fingerprint density at radius 3 is 2.46 bits per heavy atom. The van der Waals surface area contributed by atoms with Crippen molar-refractivity contribution in [1.29, 1.82) is 0 Å². The van der Waals surface area contributed by atoms with Gasteiger partial charge < -0.3 is 29.5 Å². The zero-order chi connectivity index (χ0) is 28.6. The van der Waals surface area contributed by atoms with Gasteiger partial charge in [-0.15, -0.1) is 10.2 Å². The molecule has 2 aromatic carbocycles. The van der Waals surface area contributed by atoms with E-state index in [1.54, 1.807) is 12.0 Å². The number of hydrogen-bond donors (Lipinski definition) is 1. The lowest BCUT2D eigenvalue weighted by Gasteiger charge is -2.28. The van der Waals surface area contributed by atoms with E-state index >= 15 is 0 Å². The van der Waals surface area contributed by atoms with E-state index in [0.717, 1.165) is 54.2 Å². The Balaban J connectivity index is 1.19. The molecule has 10 nitrogen and oxygen atoms in total. The molecule has 0 spiro atoms. The van der Waals surface area contributed by atoms with Crippen LogP contribution in [-0.4, -0.2) is 91.0 Å². The van der Waals surface area contributed by atoms with Crippen molar-refractivity contribution in [3.63, 3.8) is 0 Å². The van der Waals surface area contributed by atoms with Gasteiger partial charge >= 0.3 is 6.03 Å². The van der Waals surface area contributed by atoms with Gasteiger partial charge in [-0.25, -0.2) is 4.79 Å². The molecule has 3 aromatic rings. The number of aryl methyl sites for hydroxylation is 1. The molecule has 2 aliphatic rings. The van der Waals surface area contributed by atoms with Crippen molar-refractivity contribution >= 4 is 23.4 Å². The van der Waals surface area contributed by atoms with E-state index in [0.29, 0.717) is 38.5 Å². The summed E-state index contributed by atoms with van der Waals surface area (Å²) in [5.74, 6) is 1.52. The van der Waals surface area contributed by atoms with E-state index in [1.807, 2.05) is 72.5 Å². The van der Waals surface area contributed by atoms with Gasteiger partial charge in [0.25, 0.3) is 0 Å². The topological polar surface area (TPSA) is 100 Å². The maximum atomic E-state index is 13.4. The molecule has 3 heterocycles. The normalized spacial score (nSPS) is 17.2. The van der Waals surface area contributed by atoms with Crippen LogP contribution in [0.4, 0.5) is 16.3 Å². The molecule has 1 aromatic heterocycles. The summed E-state index contributed by atoms with van der Waals surface area (Å²) in [6.45, 7) is 5.68. The van der Waals surface area contributed by atoms with Crippen LogP contribution in [-0.2, 0) is 9.53 Å². The largest absolute Gasteiger partial charge is 0.497 e. The SMILES string of the molecule is COc1ccc(-c2ccc(N3CCCN(C(=O)CN(CC4CCCO4)C(=O)Nc4ccc(C)cc4)CC3)nn2)cc1. The number of hydrogen-bond acceptors (Lipinski definition) is 7. The fraction of sp³-hybridized carbons (Fsp3) is 0.419. The molecule has 2 saturated heterocycles. The van der Waals surface area contributed by atoms with E-state index < -0.39 is 0 Å². The average molecular weight is 559 g/mol. The number of urea groups is 1. The van der Waals surface area contributed by atoms with Crippen molar-refractivity contribution in [1.82, 2.24) is 20.0 Å². The molecule has 0 bridgehead atoms. The Morgan fingerprint density at radius 2 is 1.78 bits per heavy atom. The Morgan fingerprint density at radius 1 is 0.976 bits per heavy atom. The zero-order valence-electron chi connectivity index (χ0n) is 23.8. The van der Waals surface area contributed by atoms with Crippen molar-refractivity contribution in [2.24, 2.45) is 0 Å². The third-order valence-corrected chi connectivity index (χ3v) is 7.57. The second-order valence-corrected chi connectivity index (χ2v) is 10.5. The fourth-order valence-corrected chi connectivity index (χ4v) is 5.16. The lowest BCUT2D eigenvalue weighted by molar-refractivity contribution is -0.131. The molecule has 3 amide bonds. The first-order chi connectivity index (χ1) is 20.0. The van der Waals surface area contributed by atoms with Gasteiger partial charge in [0.2, 0.25) is 5.91 Å². The number of amides is 3. The number of anilines is 2. The highest BCUT2D eigenvalue weighted by atomic mass is 16.5. The third-order valence-electron chi connectivity index (χ3n) is 7.57. The number of carbonyl (C=O) groups excluding carboxylic acids is 2. The van der Waals surface area contributed by atoms with E-state index in [-0.39, 0.29) is 24.6 Å². The van der Waals surface area contributed by atoms with E-state index in [1.165, 1.54) is 0 Å². The standard InChI is InChI=1S/C31H38N6O4/c1-23-6-10-25(11-7-23)32-31(39)37(21-27-5-3-20-41-27)22-30(38)36-17-4-16-35(18-19-36)29-15-14-28(33-34-29)24-8-12-26(40-2)13-9-24/h6-15,27H,3-5,16-22H2,1-2H3,(H,32,39). The van der Waals surface area contributed by atoms with Crippen LogP contribution in [0.15, 0.2) is 60.7 Å². The number of carbonyl (C=O) groups is 2. The first-order valence-corrected chi connectivity index (χ1v) is 14.2. The van der Waals surface area contributed by atoms with Crippen LogP contribution in [0.2, 0.25) is 0 Å². The van der Waals surface area contributed by atoms with Gasteiger partial charge in [0.1, 0.15) is 12.3 Å². The molecule has 0 radical (unpaired) electrons. The van der Waals surface area contributed by atoms with Crippen molar-refractivity contribution in [3.05, 3.63) is 66.2 Å². The number of aromatic nitrogens is 2. The molecule has 1 N–H and O–H groups in total. The molecular formula is C31H38N6O4. The lowest BCUT2D eigenvalue weighted by Crippen LogP contribution is -2.47. The third kappa shape index (κ3) is 7.52. The summed E-state index contributed by atoms with van der Waals surface area (Å²) in [5, 5.41) is 11.9. The molecule has 41 heavy (non-hydrogen) atoms. The van der Waals surface area contributed by atoms with Gasteiger partial charge in [-0.05, 0) is 74.7 Å². The summed E-state index contributed by atoms with van der Waals surface area (Å²) in [5.41, 5.74) is 3.58. The molecule has 10 heteroatoms. The fourth-order valence-electron chi connectivity index (χ4n) is 5.16. The highest BCUT2D eigenvalue weighted by Gasteiger charge is 2.27. The smallest absolute Gasteiger partial charge is 0.322 e. The van der Waals surface area contributed by atoms with Gasteiger partial charge in [0.05, 0.1) is 18.9 Å². The average Bonchev–Trinajstić information content (AvgIpc) is 3.39. The van der Waals surface area contributed by atoms with Gasteiger partial charge in [-0.3, -0.25) is 4.79 Å². The van der Waals surface area contributed by atoms with Crippen molar-refractivity contribution < 1.29 is 19.1 Å². The van der Waals surface area contributed by atoms with Gasteiger partial charge in [0, 0.05) is 50.6 Å². The first-order valence-electron chi connectivity index (χ1n) is 14.2. The van der Waals surface area contributed by atoms with E-state index in [2.05, 4.69) is 20.4 Å². The lowest BCUT2D eigenvalue weighted by atomic mass is 10.1. The number of methoxy groups -OCH3 is 1. The van der Waals surface area contributed by atoms with Crippen LogP contribution >= 0.6 is 0 Å². The Labute approximate surface area is 241 Å². The van der Waals surface area contributed by atoms with Crippen LogP contribution in [0, 0.1) is 6.92 Å². The first kappa shape index (κ1) is 28.4. The highest BCUT2D eigenvalue weighted by molar-refractivity contribution is 5.92. The minimum atomic E-state index is -0.290. The maximum absolute atomic E-state index is 13.4. The summed E-state index contributed by atoms with van der Waals surface area (Å²) in [6.07, 6.45) is 2.61. The van der Waals surface area contributed by atoms with Crippen molar-refractivity contribution in [2.45, 2.75) is 32.3 Å². The minimum Gasteiger partial charge on any atom is -0.497 e. The summed E-state index contributed by atoms with van der Waals surface area (Å²) in [7, 11) is 1.64. The summed E-state index contributed by atoms with van der Waals surface area (Å²) in [6, 6.07) is 19.0. The molecule has 216 valence electrons. The van der Waals surface area contributed by atoms with Gasteiger partial charge in [-0.2, -0.15) is 0 Å². The maximum Gasteiger partial charge on any atom is 0.322 e. The summed E-state index contributed by atoms with van der Waals surface area (Å²) < 4.78 is 11.0. The van der Waals surface area contributed by atoms with Crippen molar-refractivity contribution in [3.8, 4) is 17.0 Å². The van der Waals surface area contributed by atoms with Crippen LogP contribution in [0.5, 0.6) is 5.75 Å². The number of nitrogens with one attached hydrogen (secondary N) is 1. The van der Waals surface area contributed by atoms with Crippen LogP contribution in [0.1, 0.15) is 24.8 Å². The molecular weight excluding hydrogens is 520 g/mol. The van der Waals surface area contributed by atoms with E-state index in [9.17, 15) is 9.59 Å². The zero-order valence-corrected chi connectivity index (χ0v) is 23.8. The molecule has 0 aliphatic carbocycles. The second-order valence-electron chi connectivity index (χ2n) is 10.5. The monoisotopic (exact) mass is 558 g/mol. The Hall–Kier alpha value is -4.18. The summed E-state index contributed by atoms with van der Waals surface area (Å²) >= 11 is 0. The Kier molecular flexibility index (Phi) is 9.30. The quantitative estimate of drug-likeness (QED) is 0.442. The highest BCUT2D eigenvalue weighted by Crippen LogP contribution is 2.22. The Bertz CT molecular complexity index is 1290. The van der Waals surface area contributed by atoms with Crippen molar-refractivity contribution in [2.75, 3.05) is 63.2 Å². The molecule has 2 aliphatic heterocycles. The summed E-state index contributed by atoms with van der Waals surface area (Å²) in [4.78, 5) is 32.3. The second kappa shape index (κ2) is 13.5. The predicted octanol–water partition coefficient (Wildman–Crippen LogP) is 4.21. The van der Waals surface area contributed by atoms with Gasteiger partial charge in [-0.1, -0.05) is 17.7 Å². The predicted molar refractivity (Wildman–Crippen MR) is 158 cm³/mol. The molecule has 1 unspecified atom stereocenters. The molecule has 1 atom stereocenters. The molecule has 2 fully saturated rings. The van der Waals surface area contributed by atoms with E-state index in [4.69, 9.17) is 9.47 Å².